The fraction of sp³-hybridized carbons (Fsp3) is 0.316. The number of nitrogens with one attached hydrogen (secondary N) is 2. The van der Waals surface area contributed by atoms with E-state index < -0.39 is 6.10 Å². The van der Waals surface area contributed by atoms with E-state index in [0.717, 1.165) is 11.1 Å². The summed E-state index contributed by atoms with van der Waals surface area (Å²) in [6.45, 7) is 2.59. The predicted octanol–water partition coefficient (Wildman–Crippen LogP) is 2.75. The number of phenols is 1. The fourth-order valence-corrected chi connectivity index (χ4v) is 2.55. The zero-order valence-electron chi connectivity index (χ0n) is 13.8. The standard InChI is InChI=1S/C19H24N2O3/c1-14(22)11-17(16-5-3-2-4-6-16)13-21-19(24)20-12-15-7-9-18(23)10-8-15/h2-10,14,17,22-23H,11-13H2,1H3,(H2,20,21,24). The summed E-state index contributed by atoms with van der Waals surface area (Å²) in [5.74, 6) is 0.262. The number of benzene rings is 2. The second-order valence-electron chi connectivity index (χ2n) is 5.92. The number of urea groups is 1. The van der Waals surface area contributed by atoms with Gasteiger partial charge in [0.15, 0.2) is 0 Å². The number of hydrogen-bond donors (Lipinski definition) is 4. The predicted molar refractivity (Wildman–Crippen MR) is 93.8 cm³/mol. The first-order chi connectivity index (χ1) is 11.5. The molecule has 4 N–H and O–H groups in total. The number of aliphatic hydroxyl groups is 1. The van der Waals surface area contributed by atoms with Gasteiger partial charge in [0, 0.05) is 19.0 Å². The lowest BCUT2D eigenvalue weighted by Crippen LogP contribution is -2.37. The normalized spacial score (nSPS) is 13.1. The monoisotopic (exact) mass is 328 g/mol. The van der Waals surface area contributed by atoms with Crippen LogP contribution in [0.1, 0.15) is 30.4 Å². The molecule has 0 radical (unpaired) electrons. The van der Waals surface area contributed by atoms with Crippen molar-refractivity contribution in [2.45, 2.75) is 31.9 Å². The minimum Gasteiger partial charge on any atom is -0.508 e. The molecule has 5 nitrogen and oxygen atoms in total. The Morgan fingerprint density at radius 1 is 1.04 bits per heavy atom. The van der Waals surface area contributed by atoms with Crippen LogP contribution in [0, 0.1) is 0 Å². The Bertz CT molecular complexity index is 627. The van der Waals surface area contributed by atoms with Crippen molar-refractivity contribution >= 4 is 6.03 Å². The van der Waals surface area contributed by atoms with Crippen LogP contribution >= 0.6 is 0 Å². The Hall–Kier alpha value is -2.53. The molecule has 2 aromatic carbocycles. The highest BCUT2D eigenvalue weighted by Gasteiger charge is 2.15. The molecule has 24 heavy (non-hydrogen) atoms. The van der Waals surface area contributed by atoms with Crippen LogP contribution in [0.25, 0.3) is 0 Å². The molecule has 0 aliphatic carbocycles. The van der Waals surface area contributed by atoms with E-state index in [1.54, 1.807) is 31.2 Å². The third-order valence-electron chi connectivity index (χ3n) is 3.80. The molecule has 5 heteroatoms. The van der Waals surface area contributed by atoms with Crippen LogP contribution in [0.4, 0.5) is 4.79 Å². The summed E-state index contributed by atoms with van der Waals surface area (Å²) in [5.41, 5.74) is 2.00. The van der Waals surface area contributed by atoms with Crippen molar-refractivity contribution in [3.05, 3.63) is 65.7 Å². The van der Waals surface area contributed by atoms with Gasteiger partial charge in [0.1, 0.15) is 5.75 Å². The van der Waals surface area contributed by atoms with Crippen molar-refractivity contribution in [2.75, 3.05) is 6.54 Å². The van der Waals surface area contributed by atoms with Crippen molar-refractivity contribution in [2.24, 2.45) is 0 Å². The van der Waals surface area contributed by atoms with Crippen molar-refractivity contribution in [3.8, 4) is 5.75 Å². The summed E-state index contributed by atoms with van der Waals surface area (Å²) in [6.07, 6.45) is 0.152. The topological polar surface area (TPSA) is 81.6 Å². The lowest BCUT2D eigenvalue weighted by Gasteiger charge is -2.20. The quantitative estimate of drug-likeness (QED) is 0.631. The molecule has 0 saturated carbocycles. The van der Waals surface area contributed by atoms with Gasteiger partial charge >= 0.3 is 6.03 Å². The molecular formula is C19H24N2O3. The van der Waals surface area contributed by atoms with Crippen LogP contribution in [0.15, 0.2) is 54.6 Å². The molecule has 2 aromatic rings. The van der Waals surface area contributed by atoms with Gasteiger partial charge in [-0.05, 0) is 36.6 Å². The number of aromatic hydroxyl groups is 1. The average Bonchev–Trinajstić information content (AvgIpc) is 2.58. The van der Waals surface area contributed by atoms with Crippen LogP contribution < -0.4 is 10.6 Å². The van der Waals surface area contributed by atoms with Crippen LogP contribution in [0.3, 0.4) is 0 Å². The number of carbonyl (C=O) groups is 1. The van der Waals surface area contributed by atoms with Crippen LogP contribution in [-0.2, 0) is 6.54 Å². The highest BCUT2D eigenvalue weighted by molar-refractivity contribution is 5.73. The molecule has 2 rings (SSSR count). The minimum absolute atomic E-state index is 0.0608. The lowest BCUT2D eigenvalue weighted by atomic mass is 9.93. The molecular weight excluding hydrogens is 304 g/mol. The highest BCUT2D eigenvalue weighted by atomic mass is 16.3. The molecule has 2 unspecified atom stereocenters. The number of carbonyl (C=O) groups excluding carboxylic acids is 1. The molecule has 0 spiro atoms. The number of rotatable bonds is 7. The van der Waals surface area contributed by atoms with Crippen molar-refractivity contribution in [1.82, 2.24) is 10.6 Å². The van der Waals surface area contributed by atoms with Gasteiger partial charge in [-0.3, -0.25) is 0 Å². The maximum atomic E-state index is 12.0. The molecule has 0 fully saturated rings. The fourth-order valence-electron chi connectivity index (χ4n) is 2.55. The molecule has 0 bridgehead atoms. The number of hydrogen-bond acceptors (Lipinski definition) is 3. The van der Waals surface area contributed by atoms with E-state index in [9.17, 15) is 15.0 Å². The molecule has 2 amide bonds. The number of phenolic OH excluding ortho intramolecular Hbond substituents is 1. The van der Waals surface area contributed by atoms with E-state index in [1.807, 2.05) is 30.3 Å². The van der Waals surface area contributed by atoms with E-state index >= 15 is 0 Å². The van der Waals surface area contributed by atoms with Gasteiger partial charge < -0.3 is 20.8 Å². The minimum atomic E-state index is -0.433. The van der Waals surface area contributed by atoms with Gasteiger partial charge in [0.25, 0.3) is 0 Å². The first-order valence-corrected chi connectivity index (χ1v) is 8.07. The van der Waals surface area contributed by atoms with Gasteiger partial charge in [-0.2, -0.15) is 0 Å². The molecule has 0 aromatic heterocycles. The zero-order chi connectivity index (χ0) is 17.4. The Labute approximate surface area is 142 Å². The van der Waals surface area contributed by atoms with Gasteiger partial charge in [-0.15, -0.1) is 0 Å². The summed E-state index contributed by atoms with van der Waals surface area (Å²) in [7, 11) is 0. The summed E-state index contributed by atoms with van der Waals surface area (Å²) in [6, 6.07) is 16.3. The maximum absolute atomic E-state index is 12.0. The first-order valence-electron chi connectivity index (χ1n) is 8.07. The molecule has 128 valence electrons. The Kier molecular flexibility index (Phi) is 6.63. The van der Waals surface area contributed by atoms with Crippen molar-refractivity contribution in [1.29, 1.82) is 0 Å². The summed E-state index contributed by atoms with van der Waals surface area (Å²) < 4.78 is 0. The molecule has 0 aliphatic heterocycles. The molecule has 0 heterocycles. The van der Waals surface area contributed by atoms with Crippen molar-refractivity contribution in [3.63, 3.8) is 0 Å². The Morgan fingerprint density at radius 2 is 1.71 bits per heavy atom. The third-order valence-corrected chi connectivity index (χ3v) is 3.80. The maximum Gasteiger partial charge on any atom is 0.315 e. The van der Waals surface area contributed by atoms with E-state index in [2.05, 4.69) is 10.6 Å². The van der Waals surface area contributed by atoms with Crippen LogP contribution in [-0.4, -0.2) is 28.9 Å². The lowest BCUT2D eigenvalue weighted by molar-refractivity contribution is 0.173. The Balaban J connectivity index is 1.84. The van der Waals surface area contributed by atoms with Gasteiger partial charge in [-0.25, -0.2) is 4.79 Å². The van der Waals surface area contributed by atoms with E-state index in [4.69, 9.17) is 0 Å². The smallest absolute Gasteiger partial charge is 0.315 e. The highest BCUT2D eigenvalue weighted by Crippen LogP contribution is 2.20. The second-order valence-corrected chi connectivity index (χ2v) is 5.92. The average molecular weight is 328 g/mol. The second kappa shape index (κ2) is 8.93. The summed E-state index contributed by atoms with van der Waals surface area (Å²) in [5, 5.41) is 24.6. The molecule has 2 atom stereocenters. The number of amides is 2. The number of aliphatic hydroxyl groups excluding tert-OH is 1. The van der Waals surface area contributed by atoms with Gasteiger partial charge in [0.05, 0.1) is 6.10 Å². The van der Waals surface area contributed by atoms with Gasteiger partial charge in [-0.1, -0.05) is 42.5 Å². The Morgan fingerprint density at radius 3 is 2.33 bits per heavy atom. The van der Waals surface area contributed by atoms with E-state index in [0.29, 0.717) is 19.5 Å². The largest absolute Gasteiger partial charge is 0.508 e. The first kappa shape index (κ1) is 17.8. The van der Waals surface area contributed by atoms with Crippen LogP contribution in [0.5, 0.6) is 5.75 Å². The third kappa shape index (κ3) is 5.93. The van der Waals surface area contributed by atoms with Crippen LogP contribution in [0.2, 0.25) is 0 Å². The van der Waals surface area contributed by atoms with Gasteiger partial charge in [0.2, 0.25) is 0 Å². The zero-order valence-corrected chi connectivity index (χ0v) is 13.8. The molecule has 0 saturated heterocycles. The van der Waals surface area contributed by atoms with Crippen molar-refractivity contribution < 1.29 is 15.0 Å². The SMILES string of the molecule is CC(O)CC(CNC(=O)NCc1ccc(O)cc1)c1ccccc1. The van der Waals surface area contributed by atoms with E-state index in [-0.39, 0.29) is 17.7 Å². The summed E-state index contributed by atoms with van der Waals surface area (Å²) in [4.78, 5) is 12.0. The summed E-state index contributed by atoms with van der Waals surface area (Å²) >= 11 is 0. The molecule has 0 aliphatic rings. The van der Waals surface area contributed by atoms with E-state index in [1.165, 1.54) is 0 Å².